The number of ketones is 1. The van der Waals surface area contributed by atoms with E-state index in [2.05, 4.69) is 0 Å². The van der Waals surface area contributed by atoms with Gasteiger partial charge in [-0.05, 0) is 24.6 Å². The van der Waals surface area contributed by atoms with Crippen LogP contribution < -0.4 is 0 Å². The summed E-state index contributed by atoms with van der Waals surface area (Å²) in [7, 11) is 0. The van der Waals surface area contributed by atoms with Crippen LogP contribution in [-0.2, 0) is 4.74 Å². The second kappa shape index (κ2) is 5.21. The number of hydrogen-bond acceptors (Lipinski definition) is 2. The van der Waals surface area contributed by atoms with Crippen LogP contribution in [0.3, 0.4) is 0 Å². The van der Waals surface area contributed by atoms with Gasteiger partial charge in [-0.3, -0.25) is 4.79 Å². The van der Waals surface area contributed by atoms with Crippen molar-refractivity contribution in [3.05, 3.63) is 68.7 Å². The van der Waals surface area contributed by atoms with Gasteiger partial charge in [-0.1, -0.05) is 47.5 Å². The molecule has 0 bridgehead atoms. The monoisotopic (exact) mass is 306 g/mol. The quantitative estimate of drug-likeness (QED) is 0.806. The maximum absolute atomic E-state index is 12.6. The first-order valence-corrected chi connectivity index (χ1v) is 7.13. The molecule has 1 aliphatic carbocycles. The van der Waals surface area contributed by atoms with Crippen molar-refractivity contribution >= 4 is 29.0 Å². The van der Waals surface area contributed by atoms with Crippen LogP contribution in [0.15, 0.2) is 36.4 Å². The molecule has 1 unspecified atom stereocenters. The summed E-state index contributed by atoms with van der Waals surface area (Å²) in [4.78, 5) is 12.6. The number of hydrogen-bond donors (Lipinski definition) is 0. The highest BCUT2D eigenvalue weighted by Gasteiger charge is 2.34. The van der Waals surface area contributed by atoms with Crippen molar-refractivity contribution in [2.24, 2.45) is 0 Å². The van der Waals surface area contributed by atoms with Gasteiger partial charge in [-0.2, -0.15) is 0 Å². The minimum absolute atomic E-state index is 0.0981. The van der Waals surface area contributed by atoms with Crippen molar-refractivity contribution in [3.63, 3.8) is 0 Å². The highest BCUT2D eigenvalue weighted by Crippen LogP contribution is 2.42. The van der Waals surface area contributed by atoms with Gasteiger partial charge in [-0.15, -0.1) is 0 Å². The average molecular weight is 307 g/mol. The average Bonchev–Trinajstić information content (AvgIpc) is 2.43. The zero-order chi connectivity index (χ0) is 14.3. The summed E-state index contributed by atoms with van der Waals surface area (Å²) in [5.74, 6) is -0.0981. The lowest BCUT2D eigenvalue weighted by atomic mass is 9.83. The largest absolute Gasteiger partial charge is 0.369 e. The lowest BCUT2D eigenvalue weighted by molar-refractivity contribution is 0.0831. The first-order valence-electron chi connectivity index (χ1n) is 6.38. The number of benzene rings is 2. The Kier molecular flexibility index (Phi) is 3.55. The third kappa shape index (κ3) is 1.96. The maximum atomic E-state index is 12.6. The van der Waals surface area contributed by atoms with Gasteiger partial charge in [0.15, 0.2) is 5.78 Å². The number of halogens is 2. The molecule has 2 aromatic rings. The second-order valence-electron chi connectivity index (χ2n) is 4.57. The number of fused-ring (bicyclic) bond motifs is 2. The Morgan fingerprint density at radius 3 is 2.55 bits per heavy atom. The zero-order valence-electron chi connectivity index (χ0n) is 10.8. The smallest absolute Gasteiger partial charge is 0.195 e. The van der Waals surface area contributed by atoms with Gasteiger partial charge in [0.05, 0.1) is 5.02 Å². The molecule has 0 radical (unpaired) electrons. The molecule has 2 aromatic carbocycles. The molecule has 0 aliphatic heterocycles. The summed E-state index contributed by atoms with van der Waals surface area (Å²) < 4.78 is 5.82. The Hall–Kier alpha value is -1.35. The van der Waals surface area contributed by atoms with Gasteiger partial charge < -0.3 is 4.74 Å². The van der Waals surface area contributed by atoms with Crippen molar-refractivity contribution in [1.29, 1.82) is 0 Å². The van der Waals surface area contributed by atoms with Gasteiger partial charge in [0.25, 0.3) is 0 Å². The van der Waals surface area contributed by atoms with Crippen LogP contribution in [-0.4, -0.2) is 12.4 Å². The Morgan fingerprint density at radius 1 is 1.10 bits per heavy atom. The molecule has 1 aliphatic rings. The van der Waals surface area contributed by atoms with E-state index in [9.17, 15) is 4.79 Å². The van der Waals surface area contributed by atoms with Crippen molar-refractivity contribution in [3.8, 4) is 0 Å². The summed E-state index contributed by atoms with van der Waals surface area (Å²) in [6.07, 6.45) is -0.352. The van der Waals surface area contributed by atoms with Gasteiger partial charge in [0, 0.05) is 28.3 Å². The van der Waals surface area contributed by atoms with Gasteiger partial charge in [0.2, 0.25) is 0 Å². The van der Waals surface area contributed by atoms with E-state index in [4.69, 9.17) is 27.9 Å². The molecule has 3 rings (SSSR count). The Balaban J connectivity index is 2.31. The molecule has 20 heavy (non-hydrogen) atoms. The fourth-order valence-corrected chi connectivity index (χ4v) is 3.17. The first-order chi connectivity index (χ1) is 9.65. The number of ether oxygens (including phenoxy) is 1. The second-order valence-corrected chi connectivity index (χ2v) is 5.38. The third-order valence-corrected chi connectivity index (χ3v) is 4.09. The van der Waals surface area contributed by atoms with Crippen LogP contribution >= 0.6 is 23.2 Å². The molecule has 0 spiro atoms. The highest BCUT2D eigenvalue weighted by molar-refractivity contribution is 6.36. The Labute approximate surface area is 127 Å². The fourth-order valence-electron chi connectivity index (χ4n) is 2.63. The van der Waals surface area contributed by atoms with E-state index < -0.39 is 0 Å². The van der Waals surface area contributed by atoms with Crippen LogP contribution in [0.2, 0.25) is 10.0 Å². The molecule has 4 heteroatoms. The maximum Gasteiger partial charge on any atom is 0.195 e. The standard InChI is InChI=1S/C16H12Cl2O2/c1-2-20-16-10-6-4-7-11(17)13(10)15(19)9-5-3-8-12(18)14(9)16/h3-8,16H,2H2,1H3. The lowest BCUT2D eigenvalue weighted by Gasteiger charge is -2.28. The van der Waals surface area contributed by atoms with E-state index in [0.29, 0.717) is 27.8 Å². The zero-order valence-corrected chi connectivity index (χ0v) is 12.3. The molecule has 0 saturated heterocycles. The molecule has 0 N–H and O–H groups in total. The SMILES string of the molecule is CCOC1c2cccc(Cl)c2C(=O)c2cccc(Cl)c21. The number of carbonyl (C=O) groups is 1. The lowest BCUT2D eigenvalue weighted by Crippen LogP contribution is -2.22. The van der Waals surface area contributed by atoms with E-state index in [-0.39, 0.29) is 11.9 Å². The molecule has 0 amide bonds. The minimum atomic E-state index is -0.352. The van der Waals surface area contributed by atoms with Crippen LogP contribution in [0.5, 0.6) is 0 Å². The normalized spacial score (nSPS) is 16.8. The van der Waals surface area contributed by atoms with E-state index >= 15 is 0 Å². The predicted molar refractivity (Wildman–Crippen MR) is 79.8 cm³/mol. The Bertz CT molecular complexity index is 695. The van der Waals surface area contributed by atoms with E-state index in [1.165, 1.54) is 0 Å². The van der Waals surface area contributed by atoms with Crippen LogP contribution in [0.4, 0.5) is 0 Å². The molecule has 0 fully saturated rings. The van der Waals surface area contributed by atoms with E-state index in [1.807, 2.05) is 19.1 Å². The molecule has 0 saturated carbocycles. The topological polar surface area (TPSA) is 26.3 Å². The van der Waals surface area contributed by atoms with Crippen molar-refractivity contribution in [2.75, 3.05) is 6.61 Å². The Morgan fingerprint density at radius 2 is 1.80 bits per heavy atom. The van der Waals surface area contributed by atoms with Crippen LogP contribution in [0.1, 0.15) is 40.1 Å². The van der Waals surface area contributed by atoms with Crippen molar-refractivity contribution < 1.29 is 9.53 Å². The molecular weight excluding hydrogens is 295 g/mol. The third-order valence-electron chi connectivity index (χ3n) is 3.45. The fraction of sp³-hybridized carbons (Fsp3) is 0.188. The molecule has 2 nitrogen and oxygen atoms in total. The van der Waals surface area contributed by atoms with Crippen LogP contribution in [0, 0.1) is 0 Å². The van der Waals surface area contributed by atoms with Gasteiger partial charge in [-0.25, -0.2) is 0 Å². The summed E-state index contributed by atoms with van der Waals surface area (Å²) in [5.41, 5.74) is 2.60. The van der Waals surface area contributed by atoms with Gasteiger partial charge >= 0.3 is 0 Å². The number of rotatable bonds is 2. The highest BCUT2D eigenvalue weighted by atomic mass is 35.5. The first kappa shape index (κ1) is 13.6. The summed E-state index contributed by atoms with van der Waals surface area (Å²) in [6.45, 7) is 2.44. The molecule has 102 valence electrons. The molecule has 0 heterocycles. The summed E-state index contributed by atoms with van der Waals surface area (Å²) in [5, 5.41) is 0.989. The summed E-state index contributed by atoms with van der Waals surface area (Å²) in [6, 6.07) is 10.7. The molecule has 0 aromatic heterocycles. The van der Waals surface area contributed by atoms with Crippen molar-refractivity contribution in [2.45, 2.75) is 13.0 Å². The number of carbonyl (C=O) groups excluding carboxylic acids is 1. The minimum Gasteiger partial charge on any atom is -0.369 e. The molecule has 1 atom stereocenters. The van der Waals surface area contributed by atoms with E-state index in [0.717, 1.165) is 11.1 Å². The van der Waals surface area contributed by atoms with E-state index in [1.54, 1.807) is 24.3 Å². The van der Waals surface area contributed by atoms with Crippen LogP contribution in [0.25, 0.3) is 0 Å². The van der Waals surface area contributed by atoms with Crippen molar-refractivity contribution in [1.82, 2.24) is 0 Å². The van der Waals surface area contributed by atoms with Gasteiger partial charge in [0.1, 0.15) is 6.10 Å². The predicted octanol–water partition coefficient (Wildman–Crippen LogP) is 4.66. The molecular formula is C16H12Cl2O2. The summed E-state index contributed by atoms with van der Waals surface area (Å²) >= 11 is 12.5.